The molecule has 1 atom stereocenters. The van der Waals surface area contributed by atoms with Crippen molar-refractivity contribution in [2.45, 2.75) is 32.7 Å². The number of rotatable bonds is 4. The minimum atomic E-state index is -0.918. The predicted octanol–water partition coefficient (Wildman–Crippen LogP) is 3.42. The van der Waals surface area contributed by atoms with E-state index in [4.69, 9.17) is 5.11 Å². The Kier molecular flexibility index (Phi) is 3.97. The Hall–Kier alpha value is -1.03. The van der Waals surface area contributed by atoms with Crippen LogP contribution >= 0.6 is 15.9 Å². The molecule has 0 aliphatic heterocycles. The lowest BCUT2D eigenvalue weighted by Gasteiger charge is -2.26. The number of nitrogens with one attached hydrogen (secondary N) is 1. The Morgan fingerprint density at radius 1 is 1.56 bits per heavy atom. The Morgan fingerprint density at radius 3 is 2.62 bits per heavy atom. The summed E-state index contributed by atoms with van der Waals surface area (Å²) in [5.74, 6) is -0.836. The van der Waals surface area contributed by atoms with Crippen molar-refractivity contribution >= 4 is 27.6 Å². The molecule has 0 bridgehead atoms. The van der Waals surface area contributed by atoms with Crippen molar-refractivity contribution in [3.8, 4) is 0 Å². The minimum absolute atomic E-state index is 0.526. The quantitative estimate of drug-likeness (QED) is 0.891. The normalized spacial score (nSPS) is 14.2. The number of benzene rings is 1. The van der Waals surface area contributed by atoms with Crippen LogP contribution in [0, 0.1) is 6.92 Å². The average molecular weight is 286 g/mol. The SMILES string of the molecule is CCC(C)(Nc1ccc(Br)cc1C)C(=O)O. The van der Waals surface area contributed by atoms with Crippen LogP contribution in [-0.2, 0) is 4.79 Å². The summed E-state index contributed by atoms with van der Waals surface area (Å²) in [6, 6.07) is 5.74. The lowest BCUT2D eigenvalue weighted by Crippen LogP contribution is -2.42. The highest BCUT2D eigenvalue weighted by molar-refractivity contribution is 9.10. The van der Waals surface area contributed by atoms with Gasteiger partial charge in [-0.2, -0.15) is 0 Å². The maximum absolute atomic E-state index is 11.2. The van der Waals surface area contributed by atoms with Crippen LogP contribution in [0.1, 0.15) is 25.8 Å². The van der Waals surface area contributed by atoms with Gasteiger partial charge in [-0.25, -0.2) is 4.79 Å². The number of carboxylic acid groups (broad SMARTS) is 1. The van der Waals surface area contributed by atoms with E-state index in [9.17, 15) is 4.79 Å². The van der Waals surface area contributed by atoms with E-state index in [1.54, 1.807) is 6.92 Å². The topological polar surface area (TPSA) is 49.3 Å². The second-order valence-corrected chi connectivity index (χ2v) is 4.99. The first-order chi connectivity index (χ1) is 7.39. The second-order valence-electron chi connectivity index (χ2n) is 4.08. The smallest absolute Gasteiger partial charge is 0.329 e. The molecule has 1 aromatic rings. The Labute approximate surface area is 104 Å². The van der Waals surface area contributed by atoms with Gasteiger partial charge < -0.3 is 10.4 Å². The monoisotopic (exact) mass is 285 g/mol. The molecule has 16 heavy (non-hydrogen) atoms. The predicted molar refractivity (Wildman–Crippen MR) is 68.8 cm³/mol. The van der Waals surface area contributed by atoms with E-state index < -0.39 is 11.5 Å². The van der Waals surface area contributed by atoms with Crippen molar-refractivity contribution in [1.82, 2.24) is 0 Å². The summed E-state index contributed by atoms with van der Waals surface area (Å²) in [5.41, 5.74) is 0.962. The lowest BCUT2D eigenvalue weighted by atomic mass is 9.98. The molecule has 4 heteroatoms. The maximum Gasteiger partial charge on any atom is 0.329 e. The molecular weight excluding hydrogens is 270 g/mol. The van der Waals surface area contributed by atoms with Gasteiger partial charge in [0.15, 0.2) is 0 Å². The largest absolute Gasteiger partial charge is 0.480 e. The molecule has 1 rings (SSSR count). The molecule has 0 radical (unpaired) electrons. The van der Waals surface area contributed by atoms with Crippen LogP contribution in [0.5, 0.6) is 0 Å². The van der Waals surface area contributed by atoms with Gasteiger partial charge in [-0.3, -0.25) is 0 Å². The first kappa shape index (κ1) is 13.0. The number of aliphatic carboxylic acids is 1. The summed E-state index contributed by atoms with van der Waals surface area (Å²) in [6.07, 6.45) is 0.526. The number of hydrogen-bond donors (Lipinski definition) is 2. The molecule has 1 aromatic carbocycles. The van der Waals surface area contributed by atoms with Crippen LogP contribution in [0.25, 0.3) is 0 Å². The van der Waals surface area contributed by atoms with Crippen molar-refractivity contribution < 1.29 is 9.90 Å². The Morgan fingerprint density at radius 2 is 2.19 bits per heavy atom. The van der Waals surface area contributed by atoms with Crippen LogP contribution in [0.4, 0.5) is 5.69 Å². The molecule has 0 saturated heterocycles. The summed E-state index contributed by atoms with van der Waals surface area (Å²) in [6.45, 7) is 5.50. The summed E-state index contributed by atoms with van der Waals surface area (Å²) in [7, 11) is 0. The van der Waals surface area contributed by atoms with Gasteiger partial charge in [0.1, 0.15) is 5.54 Å². The lowest BCUT2D eigenvalue weighted by molar-refractivity contribution is -0.141. The Balaban J connectivity index is 2.99. The van der Waals surface area contributed by atoms with Gasteiger partial charge in [0.25, 0.3) is 0 Å². The van der Waals surface area contributed by atoms with Gasteiger partial charge in [-0.15, -0.1) is 0 Å². The molecule has 0 heterocycles. The van der Waals surface area contributed by atoms with E-state index in [1.165, 1.54) is 0 Å². The Bertz CT molecular complexity index is 406. The summed E-state index contributed by atoms with van der Waals surface area (Å²) < 4.78 is 0.990. The van der Waals surface area contributed by atoms with Crippen molar-refractivity contribution in [3.05, 3.63) is 28.2 Å². The van der Waals surface area contributed by atoms with E-state index in [0.717, 1.165) is 15.7 Å². The third-order valence-corrected chi connectivity index (χ3v) is 3.27. The van der Waals surface area contributed by atoms with Crippen LogP contribution in [-0.4, -0.2) is 16.6 Å². The van der Waals surface area contributed by atoms with E-state index >= 15 is 0 Å². The van der Waals surface area contributed by atoms with E-state index in [2.05, 4.69) is 21.2 Å². The van der Waals surface area contributed by atoms with E-state index in [1.807, 2.05) is 32.0 Å². The average Bonchev–Trinajstić information content (AvgIpc) is 2.22. The van der Waals surface area contributed by atoms with E-state index in [-0.39, 0.29) is 0 Å². The second kappa shape index (κ2) is 4.87. The summed E-state index contributed by atoms with van der Waals surface area (Å²) in [4.78, 5) is 11.2. The molecule has 1 unspecified atom stereocenters. The molecule has 0 fully saturated rings. The third-order valence-electron chi connectivity index (χ3n) is 2.78. The number of aryl methyl sites for hydroxylation is 1. The molecule has 3 nitrogen and oxygen atoms in total. The van der Waals surface area contributed by atoms with Gasteiger partial charge in [0.2, 0.25) is 0 Å². The maximum atomic E-state index is 11.2. The number of anilines is 1. The standard InChI is InChI=1S/C12H16BrNO2/c1-4-12(3,11(15)16)14-10-6-5-9(13)7-8(10)2/h5-7,14H,4H2,1-3H3,(H,15,16). The minimum Gasteiger partial charge on any atom is -0.480 e. The zero-order chi connectivity index (χ0) is 12.3. The van der Waals surface area contributed by atoms with E-state index in [0.29, 0.717) is 6.42 Å². The number of hydrogen-bond acceptors (Lipinski definition) is 2. The fourth-order valence-electron chi connectivity index (χ4n) is 1.36. The van der Waals surface area contributed by atoms with Crippen molar-refractivity contribution in [2.75, 3.05) is 5.32 Å². The molecule has 0 aromatic heterocycles. The van der Waals surface area contributed by atoms with Gasteiger partial charge in [-0.1, -0.05) is 22.9 Å². The van der Waals surface area contributed by atoms with Gasteiger partial charge in [0, 0.05) is 10.2 Å². The van der Waals surface area contributed by atoms with Crippen molar-refractivity contribution in [1.29, 1.82) is 0 Å². The van der Waals surface area contributed by atoms with Gasteiger partial charge in [-0.05, 0) is 44.0 Å². The number of carboxylic acids is 1. The molecule has 0 saturated carbocycles. The highest BCUT2D eigenvalue weighted by Crippen LogP contribution is 2.24. The molecular formula is C12H16BrNO2. The molecule has 2 N–H and O–H groups in total. The number of carbonyl (C=O) groups is 1. The van der Waals surface area contributed by atoms with Crippen LogP contribution in [0.3, 0.4) is 0 Å². The summed E-state index contributed by atoms with van der Waals surface area (Å²) >= 11 is 3.38. The highest BCUT2D eigenvalue weighted by atomic mass is 79.9. The van der Waals surface area contributed by atoms with Gasteiger partial charge in [0.05, 0.1) is 0 Å². The molecule has 0 aliphatic carbocycles. The zero-order valence-electron chi connectivity index (χ0n) is 9.67. The third kappa shape index (κ3) is 2.76. The molecule has 0 aliphatic rings. The summed E-state index contributed by atoms with van der Waals surface area (Å²) in [5, 5.41) is 12.2. The van der Waals surface area contributed by atoms with Crippen LogP contribution < -0.4 is 5.32 Å². The highest BCUT2D eigenvalue weighted by Gasteiger charge is 2.30. The molecule has 88 valence electrons. The fraction of sp³-hybridized carbons (Fsp3) is 0.417. The van der Waals surface area contributed by atoms with Crippen molar-refractivity contribution in [2.24, 2.45) is 0 Å². The van der Waals surface area contributed by atoms with Crippen molar-refractivity contribution in [3.63, 3.8) is 0 Å². The fourth-order valence-corrected chi connectivity index (χ4v) is 1.83. The molecule has 0 spiro atoms. The number of halogens is 1. The van der Waals surface area contributed by atoms with Gasteiger partial charge >= 0.3 is 5.97 Å². The molecule has 0 amide bonds. The van der Waals surface area contributed by atoms with Crippen LogP contribution in [0.15, 0.2) is 22.7 Å². The van der Waals surface area contributed by atoms with Crippen LogP contribution in [0.2, 0.25) is 0 Å². The first-order valence-corrected chi connectivity index (χ1v) is 5.96. The first-order valence-electron chi connectivity index (χ1n) is 5.17. The zero-order valence-corrected chi connectivity index (χ0v) is 11.3.